The molecule has 2 rings (SSSR count). The molecule has 3 N–H and O–H groups in total. The molecule has 8 heteroatoms. The van der Waals surface area contributed by atoms with Gasteiger partial charge in [-0.15, -0.1) is 0 Å². The number of hydrogen-bond acceptors (Lipinski definition) is 6. The SMILES string of the molecule is CC(CC(C)c1ccc(S(=O)(=O)[O-])cc1)c1ccc(S(O)(O)O)cc1. The minimum Gasteiger partial charge on any atom is -0.744 e. The monoisotopic (exact) mass is 385 g/mol. The second-order valence-electron chi connectivity index (χ2n) is 6.15. The largest absolute Gasteiger partial charge is 0.744 e. The van der Waals surface area contributed by atoms with Crippen LogP contribution in [-0.4, -0.2) is 26.6 Å². The molecule has 0 spiro atoms. The summed E-state index contributed by atoms with van der Waals surface area (Å²) in [6, 6.07) is 12.4. The Morgan fingerprint density at radius 2 is 1.16 bits per heavy atom. The first-order chi connectivity index (χ1) is 11.5. The van der Waals surface area contributed by atoms with E-state index in [1.807, 2.05) is 13.8 Å². The summed E-state index contributed by atoms with van der Waals surface area (Å²) >= 11 is 0. The quantitative estimate of drug-likeness (QED) is 0.631. The summed E-state index contributed by atoms with van der Waals surface area (Å²) in [7, 11) is -8.14. The molecule has 2 aromatic carbocycles. The van der Waals surface area contributed by atoms with Crippen molar-refractivity contribution in [1.29, 1.82) is 0 Å². The molecule has 6 nitrogen and oxygen atoms in total. The Bertz CT molecular complexity index is 808. The number of hydrogen-bond donors (Lipinski definition) is 3. The van der Waals surface area contributed by atoms with Crippen molar-refractivity contribution in [2.45, 2.75) is 41.9 Å². The molecule has 0 amide bonds. The second-order valence-corrected chi connectivity index (χ2v) is 9.04. The van der Waals surface area contributed by atoms with E-state index in [1.165, 1.54) is 24.3 Å². The summed E-state index contributed by atoms with van der Waals surface area (Å²) in [4.78, 5) is -0.166. The lowest BCUT2D eigenvalue weighted by atomic mass is 9.87. The summed E-state index contributed by atoms with van der Waals surface area (Å²) in [5.41, 5.74) is 1.92. The van der Waals surface area contributed by atoms with Gasteiger partial charge >= 0.3 is 0 Å². The van der Waals surface area contributed by atoms with E-state index in [2.05, 4.69) is 0 Å². The third-order valence-electron chi connectivity index (χ3n) is 4.21. The highest BCUT2D eigenvalue weighted by molar-refractivity contribution is 8.19. The Kier molecular flexibility index (Phi) is 5.93. The maximum Gasteiger partial charge on any atom is 0.124 e. The van der Waals surface area contributed by atoms with Crippen molar-refractivity contribution in [3.8, 4) is 0 Å². The maximum absolute atomic E-state index is 11.0. The third kappa shape index (κ3) is 5.27. The van der Waals surface area contributed by atoms with Crippen LogP contribution in [0, 0.1) is 0 Å². The zero-order chi connectivity index (χ0) is 18.8. The van der Waals surface area contributed by atoms with Gasteiger partial charge in [0.1, 0.15) is 21.0 Å². The van der Waals surface area contributed by atoms with Gasteiger partial charge in [0.2, 0.25) is 0 Å². The summed E-state index contributed by atoms with van der Waals surface area (Å²) in [5, 5.41) is 0. The lowest BCUT2D eigenvalue weighted by Gasteiger charge is -2.21. The van der Waals surface area contributed by atoms with Crippen molar-refractivity contribution in [3.63, 3.8) is 0 Å². The fourth-order valence-corrected chi connectivity index (χ4v) is 3.72. The van der Waals surface area contributed by atoms with Gasteiger partial charge in [-0.2, -0.15) is 0 Å². The average Bonchev–Trinajstić information content (AvgIpc) is 2.53. The Labute approximate surface area is 149 Å². The Morgan fingerprint density at radius 1 is 0.800 bits per heavy atom. The normalized spacial score (nSPS) is 15.6. The van der Waals surface area contributed by atoms with E-state index in [1.54, 1.807) is 24.3 Å². The predicted octanol–water partition coefficient (Wildman–Crippen LogP) is 4.47. The van der Waals surface area contributed by atoms with Crippen LogP contribution in [-0.2, 0) is 10.1 Å². The maximum atomic E-state index is 11.0. The van der Waals surface area contributed by atoms with Crippen LogP contribution in [0.25, 0.3) is 0 Å². The van der Waals surface area contributed by atoms with Gasteiger partial charge in [-0.25, -0.2) is 8.42 Å². The van der Waals surface area contributed by atoms with E-state index in [0.717, 1.165) is 17.5 Å². The fraction of sp³-hybridized carbons (Fsp3) is 0.294. The van der Waals surface area contributed by atoms with Gasteiger partial charge in [0.15, 0.2) is 0 Å². The molecule has 0 aliphatic carbocycles. The Morgan fingerprint density at radius 3 is 1.48 bits per heavy atom. The van der Waals surface area contributed by atoms with Crippen LogP contribution in [0.1, 0.15) is 43.2 Å². The molecule has 2 aromatic rings. The highest BCUT2D eigenvalue weighted by Gasteiger charge is 2.17. The molecule has 25 heavy (non-hydrogen) atoms. The van der Waals surface area contributed by atoms with E-state index in [0.29, 0.717) is 0 Å². The summed E-state index contributed by atoms with van der Waals surface area (Å²) in [6.45, 7) is 4.04. The van der Waals surface area contributed by atoms with E-state index < -0.39 is 21.0 Å². The zero-order valence-electron chi connectivity index (χ0n) is 13.9. The first-order valence-corrected chi connectivity index (χ1v) is 10.6. The average molecular weight is 385 g/mol. The molecule has 0 aliphatic rings. The lowest BCUT2D eigenvalue weighted by Crippen LogP contribution is -2.03. The van der Waals surface area contributed by atoms with Gasteiger partial charge < -0.3 is 18.2 Å². The highest BCUT2D eigenvalue weighted by Crippen LogP contribution is 2.43. The van der Waals surface area contributed by atoms with Crippen LogP contribution in [0.4, 0.5) is 0 Å². The molecular weight excluding hydrogens is 364 g/mol. The summed E-state index contributed by atoms with van der Waals surface area (Å²) < 4.78 is 60.6. The van der Waals surface area contributed by atoms with Crippen molar-refractivity contribution in [1.82, 2.24) is 0 Å². The van der Waals surface area contributed by atoms with Gasteiger partial charge in [0.25, 0.3) is 0 Å². The topological polar surface area (TPSA) is 118 Å². The highest BCUT2D eigenvalue weighted by atomic mass is 32.3. The summed E-state index contributed by atoms with van der Waals surface area (Å²) in [6.07, 6.45) is 0.776. The molecule has 2 atom stereocenters. The minimum absolute atomic E-state index is 0.0749. The van der Waals surface area contributed by atoms with Crippen molar-refractivity contribution in [3.05, 3.63) is 59.7 Å². The summed E-state index contributed by atoms with van der Waals surface area (Å²) in [5.74, 6) is 0.295. The van der Waals surface area contributed by atoms with Crippen molar-refractivity contribution in [2.24, 2.45) is 0 Å². The lowest BCUT2D eigenvalue weighted by molar-refractivity contribution is 0.376. The molecule has 0 bridgehead atoms. The molecular formula is C17H21O6S2-. The smallest absolute Gasteiger partial charge is 0.124 e. The standard InChI is InChI=1S/C17H22O6S2/c1-12(14-3-7-16(8-4-14)24(18,19)20)11-13(2)15-5-9-17(10-6-15)25(21,22)23/h3-10,12-13,18-20H,11H2,1-2H3,(H,21,22,23)/p-1. The molecule has 0 fully saturated rings. The first kappa shape index (κ1) is 19.9. The Hall–Kier alpha value is -1.42. The van der Waals surface area contributed by atoms with Crippen molar-refractivity contribution in [2.75, 3.05) is 0 Å². The van der Waals surface area contributed by atoms with Gasteiger partial charge in [-0.1, -0.05) is 38.1 Å². The Balaban J connectivity index is 2.08. The molecule has 138 valence electrons. The van der Waals surface area contributed by atoms with Crippen LogP contribution in [0.3, 0.4) is 0 Å². The molecule has 2 unspecified atom stereocenters. The minimum atomic E-state index is -4.44. The predicted molar refractivity (Wildman–Crippen MR) is 96.0 cm³/mol. The van der Waals surface area contributed by atoms with E-state index >= 15 is 0 Å². The molecule has 0 aliphatic heterocycles. The number of rotatable bonds is 6. The fourth-order valence-electron chi connectivity index (χ4n) is 2.74. The van der Waals surface area contributed by atoms with Crippen LogP contribution in [0.15, 0.2) is 58.3 Å². The number of benzene rings is 2. The third-order valence-corrected chi connectivity index (χ3v) is 5.96. The van der Waals surface area contributed by atoms with E-state index in [9.17, 15) is 26.6 Å². The first-order valence-electron chi connectivity index (χ1n) is 7.65. The van der Waals surface area contributed by atoms with Crippen molar-refractivity contribution >= 4 is 21.0 Å². The van der Waals surface area contributed by atoms with Crippen LogP contribution < -0.4 is 0 Å². The zero-order valence-corrected chi connectivity index (χ0v) is 15.5. The molecule has 0 saturated carbocycles. The van der Waals surface area contributed by atoms with Crippen molar-refractivity contribution < 1.29 is 26.6 Å². The van der Waals surface area contributed by atoms with Gasteiger partial charge in [-0.05, 0) is 53.6 Å². The molecule has 0 radical (unpaired) electrons. The molecule has 0 aromatic heterocycles. The molecule has 0 saturated heterocycles. The second kappa shape index (κ2) is 7.45. The van der Waals surface area contributed by atoms with Gasteiger partial charge in [-0.3, -0.25) is 0 Å². The van der Waals surface area contributed by atoms with Crippen LogP contribution >= 0.6 is 10.9 Å². The van der Waals surface area contributed by atoms with Crippen LogP contribution in [0.5, 0.6) is 0 Å². The van der Waals surface area contributed by atoms with Gasteiger partial charge in [0.05, 0.1) is 9.79 Å². The molecule has 0 heterocycles. The van der Waals surface area contributed by atoms with Crippen LogP contribution in [0.2, 0.25) is 0 Å². The van der Waals surface area contributed by atoms with Gasteiger partial charge in [0, 0.05) is 0 Å². The van der Waals surface area contributed by atoms with E-state index in [-0.39, 0.29) is 21.6 Å². The van der Waals surface area contributed by atoms with E-state index in [4.69, 9.17) is 0 Å².